The van der Waals surface area contributed by atoms with Crippen molar-refractivity contribution in [3.05, 3.63) is 59.9 Å². The van der Waals surface area contributed by atoms with Gasteiger partial charge in [0.1, 0.15) is 29.8 Å². The van der Waals surface area contributed by atoms with Gasteiger partial charge in [0, 0.05) is 51.5 Å². The van der Waals surface area contributed by atoms with Crippen LogP contribution in [-0.4, -0.2) is 69.2 Å². The van der Waals surface area contributed by atoms with Crippen molar-refractivity contribution in [3.8, 4) is 23.1 Å². The smallest absolute Gasteiger partial charge is 0.419 e. The lowest BCUT2D eigenvalue weighted by molar-refractivity contribution is -0.138. The largest absolute Gasteiger partial charge is 0.492 e. The summed E-state index contributed by atoms with van der Waals surface area (Å²) in [4.78, 5) is 12.9. The van der Waals surface area contributed by atoms with E-state index in [4.69, 9.17) is 4.74 Å². The number of aromatic nitrogens is 5. The van der Waals surface area contributed by atoms with E-state index < -0.39 is 11.7 Å². The zero-order valence-corrected chi connectivity index (χ0v) is 22.4. The van der Waals surface area contributed by atoms with E-state index in [1.54, 1.807) is 19.3 Å². The van der Waals surface area contributed by atoms with Gasteiger partial charge < -0.3 is 9.64 Å². The van der Waals surface area contributed by atoms with E-state index in [2.05, 4.69) is 30.1 Å². The fourth-order valence-corrected chi connectivity index (χ4v) is 4.32. The number of pyridine rings is 2. The first-order valence-electron chi connectivity index (χ1n) is 11.7. The Kier molecular flexibility index (Phi) is 9.55. The number of aryl methyl sites for hydroxylation is 1. The lowest BCUT2D eigenvalue weighted by Crippen LogP contribution is -2.47. The lowest BCUT2D eigenvalue weighted by atomic mass is 10.1. The predicted octanol–water partition coefficient (Wildman–Crippen LogP) is 4.36. The highest BCUT2D eigenvalue weighted by molar-refractivity contribution is 5.86. The zero-order valence-electron chi connectivity index (χ0n) is 20.8. The second-order valence-electron chi connectivity index (χ2n) is 8.62. The van der Waals surface area contributed by atoms with E-state index in [9.17, 15) is 18.4 Å². The highest BCUT2D eigenvalue weighted by Gasteiger charge is 2.35. The van der Waals surface area contributed by atoms with Gasteiger partial charge in [-0.2, -0.15) is 18.4 Å². The molecule has 0 bridgehead atoms. The third kappa shape index (κ3) is 6.50. The molecule has 14 heteroatoms. The number of hydrogen-bond acceptors (Lipinski definition) is 8. The second kappa shape index (κ2) is 12.5. The van der Waals surface area contributed by atoms with Crippen LogP contribution in [-0.2, 0) is 13.2 Å². The van der Waals surface area contributed by atoms with Crippen LogP contribution in [0.4, 0.5) is 19.0 Å². The molecule has 1 aromatic carbocycles. The van der Waals surface area contributed by atoms with Crippen LogP contribution >= 0.6 is 24.8 Å². The van der Waals surface area contributed by atoms with Crippen molar-refractivity contribution < 1.29 is 17.9 Å². The number of hydrogen-bond donors (Lipinski definition) is 0. The number of anilines is 1. The lowest BCUT2D eigenvalue weighted by Gasteiger charge is -2.35. The molecule has 1 saturated heterocycles. The molecule has 0 saturated carbocycles. The van der Waals surface area contributed by atoms with Crippen molar-refractivity contribution in [1.29, 1.82) is 5.26 Å². The number of piperazine rings is 1. The molecule has 206 valence electrons. The van der Waals surface area contributed by atoms with Gasteiger partial charge in [-0.05, 0) is 36.4 Å². The van der Waals surface area contributed by atoms with E-state index in [0.717, 1.165) is 38.1 Å². The first kappa shape index (κ1) is 29.9. The molecule has 0 atom stereocenters. The maximum absolute atomic E-state index is 13.9. The van der Waals surface area contributed by atoms with Crippen LogP contribution in [0.25, 0.3) is 22.3 Å². The quantitative estimate of drug-likeness (QED) is 0.332. The highest BCUT2D eigenvalue weighted by Crippen LogP contribution is 2.39. The number of benzene rings is 1. The summed E-state index contributed by atoms with van der Waals surface area (Å²) in [5.41, 5.74) is 0.331. The van der Waals surface area contributed by atoms with Crippen LogP contribution in [0.1, 0.15) is 11.3 Å². The Bertz CT molecular complexity index is 1450. The Balaban J connectivity index is 0.00000210. The molecule has 1 aliphatic rings. The van der Waals surface area contributed by atoms with Crippen molar-refractivity contribution in [1.82, 2.24) is 29.9 Å². The van der Waals surface area contributed by atoms with Gasteiger partial charge in [-0.1, -0.05) is 11.3 Å². The number of ether oxygens (including phenoxy) is 1. The summed E-state index contributed by atoms with van der Waals surface area (Å²) in [6.45, 7) is 3.73. The summed E-state index contributed by atoms with van der Waals surface area (Å²) in [5, 5.41) is 17.2. The van der Waals surface area contributed by atoms with Crippen molar-refractivity contribution in [2.75, 3.05) is 44.2 Å². The van der Waals surface area contributed by atoms with Gasteiger partial charge >= 0.3 is 6.18 Å². The molecule has 4 aromatic rings. The molecule has 0 N–H and O–H groups in total. The molecule has 3 aromatic heterocycles. The van der Waals surface area contributed by atoms with E-state index in [1.165, 1.54) is 16.8 Å². The summed E-state index contributed by atoms with van der Waals surface area (Å²) in [6, 6.07) is 13.1. The van der Waals surface area contributed by atoms with Gasteiger partial charge in [-0.15, -0.1) is 29.9 Å². The molecule has 1 fully saturated rings. The SMILES string of the molecule is Cl.Cl.Cn1nnc2c(C#N)nc(-c3ccc(OCCN4CCN(c5ccccn5)CC4)c(C(F)(F)F)c3)cc21. The molecule has 0 aliphatic carbocycles. The number of rotatable bonds is 6. The number of fused-ring (bicyclic) bond motifs is 1. The Morgan fingerprint density at radius 3 is 2.49 bits per heavy atom. The minimum absolute atomic E-state index is 0. The van der Waals surface area contributed by atoms with Crippen molar-refractivity contribution >= 4 is 41.7 Å². The molecular weight excluding hydrogens is 556 g/mol. The van der Waals surface area contributed by atoms with Gasteiger partial charge in [0.2, 0.25) is 0 Å². The van der Waals surface area contributed by atoms with Gasteiger partial charge in [-0.3, -0.25) is 4.90 Å². The average Bonchev–Trinajstić information content (AvgIpc) is 3.29. The van der Waals surface area contributed by atoms with Gasteiger partial charge in [0.05, 0.1) is 16.8 Å². The summed E-state index contributed by atoms with van der Waals surface area (Å²) in [5.74, 6) is 0.677. The highest BCUT2D eigenvalue weighted by atomic mass is 35.5. The standard InChI is InChI=1S/C25H23F3N8O.2ClH/c1-34-21-15-19(31-20(16-29)24(21)32-33-34)17-5-6-22(18(14-17)25(26,27)28)37-13-12-35-8-10-36(11-9-35)23-4-2-3-7-30-23;;/h2-7,14-15H,8-13H2,1H3;2*1H. The molecule has 39 heavy (non-hydrogen) atoms. The molecule has 0 radical (unpaired) electrons. The molecule has 1 aliphatic heterocycles. The van der Waals surface area contributed by atoms with Crippen molar-refractivity contribution in [2.24, 2.45) is 7.05 Å². The minimum Gasteiger partial charge on any atom is -0.492 e. The summed E-state index contributed by atoms with van der Waals surface area (Å²) >= 11 is 0. The molecule has 5 rings (SSSR count). The van der Waals surface area contributed by atoms with Crippen LogP contribution in [0.15, 0.2) is 48.7 Å². The summed E-state index contributed by atoms with van der Waals surface area (Å²) in [7, 11) is 1.64. The maximum Gasteiger partial charge on any atom is 0.419 e. The van der Waals surface area contributed by atoms with Crippen LogP contribution < -0.4 is 9.64 Å². The Hall–Kier alpha value is -3.66. The van der Waals surface area contributed by atoms with E-state index in [1.807, 2.05) is 24.3 Å². The van der Waals surface area contributed by atoms with Gasteiger partial charge in [-0.25, -0.2) is 14.6 Å². The monoisotopic (exact) mass is 580 g/mol. The fraction of sp³-hybridized carbons (Fsp3) is 0.320. The van der Waals surface area contributed by atoms with E-state index in [0.29, 0.717) is 17.6 Å². The van der Waals surface area contributed by atoms with Crippen LogP contribution in [0, 0.1) is 11.3 Å². The van der Waals surface area contributed by atoms with Crippen molar-refractivity contribution in [3.63, 3.8) is 0 Å². The number of alkyl halides is 3. The van der Waals surface area contributed by atoms with Crippen LogP contribution in [0.3, 0.4) is 0 Å². The van der Waals surface area contributed by atoms with Gasteiger partial charge in [0.15, 0.2) is 5.69 Å². The van der Waals surface area contributed by atoms with Crippen LogP contribution in [0.2, 0.25) is 0 Å². The zero-order chi connectivity index (χ0) is 26.0. The average molecular weight is 581 g/mol. The fourth-order valence-electron chi connectivity index (χ4n) is 4.32. The van der Waals surface area contributed by atoms with Crippen molar-refractivity contribution in [2.45, 2.75) is 6.18 Å². The molecule has 9 nitrogen and oxygen atoms in total. The molecule has 0 unspecified atom stereocenters. The first-order valence-corrected chi connectivity index (χ1v) is 11.7. The minimum atomic E-state index is -4.63. The second-order valence-corrected chi connectivity index (χ2v) is 8.62. The topological polar surface area (TPSA) is 96.0 Å². The number of nitriles is 1. The Morgan fingerprint density at radius 2 is 1.82 bits per heavy atom. The summed E-state index contributed by atoms with van der Waals surface area (Å²) in [6.07, 6.45) is -2.87. The summed E-state index contributed by atoms with van der Waals surface area (Å²) < 4.78 is 48.9. The Morgan fingerprint density at radius 1 is 1.05 bits per heavy atom. The molecule has 0 spiro atoms. The maximum atomic E-state index is 13.9. The predicted molar refractivity (Wildman–Crippen MR) is 144 cm³/mol. The molecular formula is C25H25Cl2F3N8O. The number of nitrogens with zero attached hydrogens (tertiary/aromatic N) is 8. The normalized spacial score (nSPS) is 13.9. The number of halogens is 5. The third-order valence-corrected chi connectivity index (χ3v) is 6.30. The molecule has 0 amide bonds. The molecule has 4 heterocycles. The Labute approximate surface area is 235 Å². The van der Waals surface area contributed by atoms with E-state index >= 15 is 0 Å². The van der Waals surface area contributed by atoms with Crippen LogP contribution in [0.5, 0.6) is 5.75 Å². The van der Waals surface area contributed by atoms with E-state index in [-0.39, 0.29) is 54.1 Å². The third-order valence-electron chi connectivity index (χ3n) is 6.30. The van der Waals surface area contributed by atoms with Gasteiger partial charge in [0.25, 0.3) is 0 Å². The first-order chi connectivity index (χ1) is 17.8.